The van der Waals surface area contributed by atoms with Crippen molar-refractivity contribution in [3.05, 3.63) is 0 Å². The Bertz CT molecular complexity index is 301. The first-order chi connectivity index (χ1) is 10.4. The number of piperazine rings is 1. The molecule has 3 saturated heterocycles. The van der Waals surface area contributed by atoms with Gasteiger partial charge in [0.1, 0.15) is 0 Å². The van der Waals surface area contributed by atoms with Crippen molar-refractivity contribution in [1.29, 1.82) is 0 Å². The summed E-state index contributed by atoms with van der Waals surface area (Å²) in [6.07, 6.45) is 4.12. The Labute approximate surface area is 129 Å². The lowest BCUT2D eigenvalue weighted by Crippen LogP contribution is -2.55. The Morgan fingerprint density at radius 2 is 1.67 bits per heavy atom. The van der Waals surface area contributed by atoms with Crippen LogP contribution in [0.5, 0.6) is 0 Å². The molecule has 3 heterocycles. The predicted octanol–water partition coefficient (Wildman–Crippen LogP) is -0.330. The maximum Gasteiger partial charge on any atom is 0.0558 e. The fourth-order valence-electron chi connectivity index (χ4n) is 4.28. The van der Waals surface area contributed by atoms with E-state index in [1.54, 1.807) is 0 Å². The van der Waals surface area contributed by atoms with Gasteiger partial charge in [0.05, 0.1) is 6.61 Å². The number of aliphatic hydroxyl groups excluding tert-OH is 1. The van der Waals surface area contributed by atoms with E-state index in [4.69, 9.17) is 5.11 Å². The molecule has 21 heavy (non-hydrogen) atoms. The summed E-state index contributed by atoms with van der Waals surface area (Å²) in [7, 11) is 0. The lowest BCUT2D eigenvalue weighted by atomic mass is 9.90. The molecule has 2 N–H and O–H groups in total. The third-order valence-corrected chi connectivity index (χ3v) is 5.57. The van der Waals surface area contributed by atoms with Gasteiger partial charge in [-0.2, -0.15) is 0 Å². The van der Waals surface area contributed by atoms with Gasteiger partial charge >= 0.3 is 0 Å². The smallest absolute Gasteiger partial charge is 0.0558 e. The standard InChI is InChI=1S/C16H32N4O/c21-12-11-18-7-9-19(10-8-18)14-15-3-4-17-13-16(15)20-5-1-2-6-20/h15-17,21H,1-14H2. The zero-order chi connectivity index (χ0) is 14.5. The van der Waals surface area contributed by atoms with Gasteiger partial charge < -0.3 is 15.3 Å². The van der Waals surface area contributed by atoms with Crippen molar-refractivity contribution in [2.45, 2.75) is 25.3 Å². The minimum absolute atomic E-state index is 0.297. The number of hydrogen-bond donors (Lipinski definition) is 2. The van der Waals surface area contributed by atoms with Crippen LogP contribution in [-0.2, 0) is 0 Å². The zero-order valence-corrected chi connectivity index (χ0v) is 13.3. The lowest BCUT2D eigenvalue weighted by Gasteiger charge is -2.42. The van der Waals surface area contributed by atoms with Crippen molar-refractivity contribution in [3.8, 4) is 0 Å². The summed E-state index contributed by atoms with van der Waals surface area (Å²) >= 11 is 0. The molecule has 0 aliphatic carbocycles. The maximum atomic E-state index is 9.03. The number of nitrogens with one attached hydrogen (secondary N) is 1. The van der Waals surface area contributed by atoms with Gasteiger partial charge in [0.25, 0.3) is 0 Å². The minimum Gasteiger partial charge on any atom is -0.395 e. The number of piperidine rings is 1. The average Bonchev–Trinajstić information content (AvgIpc) is 3.04. The van der Waals surface area contributed by atoms with Gasteiger partial charge in [0, 0.05) is 51.9 Å². The third kappa shape index (κ3) is 4.17. The molecule has 122 valence electrons. The average molecular weight is 296 g/mol. The molecule has 0 spiro atoms. The Kier molecular flexibility index (Phi) is 5.89. The highest BCUT2D eigenvalue weighted by molar-refractivity contribution is 4.90. The van der Waals surface area contributed by atoms with Crippen LogP contribution in [0.15, 0.2) is 0 Å². The summed E-state index contributed by atoms with van der Waals surface area (Å²) in [6, 6.07) is 0.761. The van der Waals surface area contributed by atoms with Gasteiger partial charge in [-0.05, 0) is 44.8 Å². The van der Waals surface area contributed by atoms with Crippen LogP contribution >= 0.6 is 0 Å². The second-order valence-corrected chi connectivity index (χ2v) is 6.93. The summed E-state index contributed by atoms with van der Waals surface area (Å²) in [5.41, 5.74) is 0. The minimum atomic E-state index is 0.297. The number of β-amino-alcohol motifs (C(OH)–C–C–N with tert-alkyl or cyclic N) is 1. The molecule has 0 amide bonds. The van der Waals surface area contributed by atoms with Crippen molar-refractivity contribution in [2.24, 2.45) is 5.92 Å². The Morgan fingerprint density at radius 3 is 2.38 bits per heavy atom. The van der Waals surface area contributed by atoms with Gasteiger partial charge in [-0.1, -0.05) is 0 Å². The van der Waals surface area contributed by atoms with Crippen LogP contribution < -0.4 is 5.32 Å². The number of hydrogen-bond acceptors (Lipinski definition) is 5. The molecule has 3 aliphatic heterocycles. The highest BCUT2D eigenvalue weighted by Crippen LogP contribution is 2.23. The van der Waals surface area contributed by atoms with Crippen LogP contribution in [-0.4, -0.2) is 97.9 Å². The van der Waals surface area contributed by atoms with Crippen molar-refractivity contribution < 1.29 is 5.11 Å². The molecule has 2 unspecified atom stereocenters. The van der Waals surface area contributed by atoms with E-state index in [0.29, 0.717) is 6.61 Å². The van der Waals surface area contributed by atoms with Gasteiger partial charge in [-0.15, -0.1) is 0 Å². The predicted molar refractivity (Wildman–Crippen MR) is 85.5 cm³/mol. The molecule has 5 heteroatoms. The van der Waals surface area contributed by atoms with Gasteiger partial charge in [0.2, 0.25) is 0 Å². The summed E-state index contributed by atoms with van der Waals surface area (Å²) in [5, 5.41) is 12.6. The van der Waals surface area contributed by atoms with E-state index < -0.39 is 0 Å². The first-order valence-corrected chi connectivity index (χ1v) is 8.87. The van der Waals surface area contributed by atoms with E-state index in [-0.39, 0.29) is 0 Å². The van der Waals surface area contributed by atoms with Crippen molar-refractivity contribution in [3.63, 3.8) is 0 Å². The molecule has 0 aromatic heterocycles. The first kappa shape index (κ1) is 15.7. The molecule has 0 aromatic rings. The van der Waals surface area contributed by atoms with E-state index in [1.807, 2.05) is 0 Å². The van der Waals surface area contributed by atoms with Crippen molar-refractivity contribution in [1.82, 2.24) is 20.0 Å². The number of nitrogens with zero attached hydrogens (tertiary/aromatic N) is 3. The van der Waals surface area contributed by atoms with Gasteiger partial charge in [0.15, 0.2) is 0 Å². The molecule has 2 atom stereocenters. The zero-order valence-electron chi connectivity index (χ0n) is 13.3. The molecule has 0 saturated carbocycles. The van der Waals surface area contributed by atoms with E-state index in [9.17, 15) is 0 Å². The third-order valence-electron chi connectivity index (χ3n) is 5.57. The summed E-state index contributed by atoms with van der Waals surface area (Å²) in [4.78, 5) is 7.78. The van der Waals surface area contributed by atoms with E-state index in [0.717, 1.165) is 31.6 Å². The van der Waals surface area contributed by atoms with E-state index in [2.05, 4.69) is 20.0 Å². The molecule has 5 nitrogen and oxygen atoms in total. The highest BCUT2D eigenvalue weighted by Gasteiger charge is 2.33. The summed E-state index contributed by atoms with van der Waals surface area (Å²) in [6.45, 7) is 12.0. The Hall–Kier alpha value is -0.200. The van der Waals surface area contributed by atoms with E-state index in [1.165, 1.54) is 65.1 Å². The molecule has 3 fully saturated rings. The SMILES string of the molecule is OCCN1CCN(CC2CCNCC2N2CCCC2)CC1. The molecule has 3 aliphatic rings. The fourth-order valence-corrected chi connectivity index (χ4v) is 4.28. The van der Waals surface area contributed by atoms with Crippen LogP contribution in [0.25, 0.3) is 0 Å². The fraction of sp³-hybridized carbons (Fsp3) is 1.00. The van der Waals surface area contributed by atoms with Crippen molar-refractivity contribution in [2.75, 3.05) is 72.1 Å². The molecule has 0 radical (unpaired) electrons. The first-order valence-electron chi connectivity index (χ1n) is 8.87. The topological polar surface area (TPSA) is 42.0 Å². The number of rotatable bonds is 5. The second kappa shape index (κ2) is 7.88. The Balaban J connectivity index is 1.48. The summed E-state index contributed by atoms with van der Waals surface area (Å²) < 4.78 is 0. The lowest BCUT2D eigenvalue weighted by molar-refractivity contribution is 0.0670. The highest BCUT2D eigenvalue weighted by atomic mass is 16.3. The number of likely N-dealkylation sites (tertiary alicyclic amines) is 1. The molecular weight excluding hydrogens is 264 g/mol. The van der Waals surface area contributed by atoms with Crippen LogP contribution in [0.3, 0.4) is 0 Å². The second-order valence-electron chi connectivity index (χ2n) is 6.93. The van der Waals surface area contributed by atoms with Crippen LogP contribution in [0, 0.1) is 5.92 Å². The molecule has 3 rings (SSSR count). The van der Waals surface area contributed by atoms with E-state index >= 15 is 0 Å². The van der Waals surface area contributed by atoms with Crippen LogP contribution in [0.2, 0.25) is 0 Å². The number of aliphatic hydroxyl groups is 1. The largest absolute Gasteiger partial charge is 0.395 e. The van der Waals surface area contributed by atoms with Gasteiger partial charge in [-0.25, -0.2) is 0 Å². The van der Waals surface area contributed by atoms with Crippen LogP contribution in [0.1, 0.15) is 19.3 Å². The summed E-state index contributed by atoms with van der Waals surface area (Å²) in [5.74, 6) is 0.841. The monoisotopic (exact) mass is 296 g/mol. The Morgan fingerprint density at radius 1 is 0.952 bits per heavy atom. The quantitative estimate of drug-likeness (QED) is 0.727. The molecular formula is C16H32N4O. The maximum absolute atomic E-state index is 9.03. The normalized spacial score (nSPS) is 33.6. The molecule has 0 aromatic carbocycles. The molecule has 0 bridgehead atoms. The van der Waals surface area contributed by atoms with Gasteiger partial charge in [-0.3, -0.25) is 9.80 Å². The van der Waals surface area contributed by atoms with Crippen LogP contribution in [0.4, 0.5) is 0 Å². The van der Waals surface area contributed by atoms with Crippen molar-refractivity contribution >= 4 is 0 Å².